The summed E-state index contributed by atoms with van der Waals surface area (Å²) in [4.78, 5) is 8.94. The van der Waals surface area contributed by atoms with Crippen LogP contribution in [0.1, 0.15) is 22.3 Å². The molecule has 0 aromatic heterocycles. The number of hydrogen-bond donors (Lipinski definition) is 3. The van der Waals surface area contributed by atoms with Crippen molar-refractivity contribution in [3.05, 3.63) is 64.5 Å². The minimum absolute atomic E-state index is 0.166. The van der Waals surface area contributed by atoms with Gasteiger partial charge in [-0.25, -0.2) is 10.2 Å². The topological polar surface area (TPSA) is 67.2 Å². The summed E-state index contributed by atoms with van der Waals surface area (Å²) in [5, 5.41) is 3.17. The number of benzene rings is 2. The zero-order valence-corrected chi connectivity index (χ0v) is 13.6. The molecule has 2 aromatic rings. The normalized spacial score (nSPS) is 9.96. The molecule has 0 aliphatic carbocycles. The summed E-state index contributed by atoms with van der Waals surface area (Å²) in [5.41, 5.74) is 6.74. The molecule has 0 aliphatic rings. The highest BCUT2D eigenvalue weighted by atomic mass is 19.1. The van der Waals surface area contributed by atoms with Gasteiger partial charge in [-0.2, -0.15) is 0 Å². The molecule has 0 atom stereocenters. The first-order chi connectivity index (χ1) is 11.0. The Labute approximate surface area is 136 Å². The van der Waals surface area contributed by atoms with Gasteiger partial charge >= 0.3 is 0 Å². The van der Waals surface area contributed by atoms with Crippen molar-refractivity contribution >= 4 is 24.2 Å². The molecule has 4 nitrogen and oxygen atoms in total. The molecule has 0 heterocycles. The van der Waals surface area contributed by atoms with Crippen LogP contribution in [0.2, 0.25) is 0 Å². The molecule has 1 amide bonds. The molecule has 0 unspecified atom stereocenters. The van der Waals surface area contributed by atoms with E-state index in [0.29, 0.717) is 12.0 Å². The first-order valence-corrected chi connectivity index (χ1v) is 7.15. The standard InChI is InChI=1S/C17H18FN.CH4N2O/c1-12-6-4-9-17(19-3)15(12)11-10-14-7-5-8-16(18)13(14)2;2-3-1-4/h4-11,19H,1-3H3;1H,2H2,(H,3,4)/b11-10+;. The second kappa shape index (κ2) is 9.38. The number of anilines is 1. The third-order valence-corrected chi connectivity index (χ3v) is 3.40. The largest absolute Gasteiger partial charge is 0.388 e. The highest BCUT2D eigenvalue weighted by molar-refractivity contribution is 5.79. The number of amides is 1. The molecule has 0 spiro atoms. The molecule has 23 heavy (non-hydrogen) atoms. The summed E-state index contributed by atoms with van der Waals surface area (Å²) in [6.07, 6.45) is 4.39. The van der Waals surface area contributed by atoms with Crippen LogP contribution in [0.4, 0.5) is 10.1 Å². The maximum atomic E-state index is 13.5. The number of nitrogens with two attached hydrogens (primary N) is 1. The smallest absolute Gasteiger partial charge is 0.221 e. The van der Waals surface area contributed by atoms with Crippen LogP contribution in [0.5, 0.6) is 0 Å². The van der Waals surface area contributed by atoms with Gasteiger partial charge in [-0.05, 0) is 42.7 Å². The third kappa shape index (κ3) is 5.23. The van der Waals surface area contributed by atoms with Crippen molar-refractivity contribution in [1.29, 1.82) is 0 Å². The number of hydrogen-bond acceptors (Lipinski definition) is 3. The van der Waals surface area contributed by atoms with Crippen molar-refractivity contribution in [2.45, 2.75) is 13.8 Å². The lowest BCUT2D eigenvalue weighted by atomic mass is 10.0. The predicted molar refractivity (Wildman–Crippen MR) is 94.2 cm³/mol. The summed E-state index contributed by atoms with van der Waals surface area (Å²) < 4.78 is 13.5. The lowest BCUT2D eigenvalue weighted by Gasteiger charge is -2.08. The van der Waals surface area contributed by atoms with Crippen LogP contribution in [0, 0.1) is 19.7 Å². The molecule has 122 valence electrons. The fourth-order valence-electron chi connectivity index (χ4n) is 2.10. The van der Waals surface area contributed by atoms with Gasteiger partial charge in [0.25, 0.3) is 0 Å². The van der Waals surface area contributed by atoms with Crippen molar-refractivity contribution in [3.8, 4) is 0 Å². The van der Waals surface area contributed by atoms with E-state index in [1.54, 1.807) is 18.4 Å². The number of rotatable bonds is 4. The van der Waals surface area contributed by atoms with E-state index >= 15 is 0 Å². The highest BCUT2D eigenvalue weighted by Gasteiger charge is 2.02. The monoisotopic (exact) mass is 315 g/mol. The van der Waals surface area contributed by atoms with Crippen molar-refractivity contribution in [2.24, 2.45) is 5.84 Å². The molecule has 0 radical (unpaired) electrons. The summed E-state index contributed by atoms with van der Waals surface area (Å²) in [5.74, 6) is 4.24. The van der Waals surface area contributed by atoms with Gasteiger partial charge < -0.3 is 5.32 Å². The summed E-state index contributed by atoms with van der Waals surface area (Å²) in [7, 11) is 1.90. The van der Waals surface area contributed by atoms with Gasteiger partial charge in [0.15, 0.2) is 0 Å². The van der Waals surface area contributed by atoms with Gasteiger partial charge in [0.05, 0.1) is 0 Å². The molecule has 2 aromatic carbocycles. The Morgan fingerprint density at radius 1 is 1.09 bits per heavy atom. The minimum atomic E-state index is -0.166. The summed E-state index contributed by atoms with van der Waals surface area (Å²) in [6, 6.07) is 11.3. The van der Waals surface area contributed by atoms with Gasteiger partial charge in [0, 0.05) is 18.3 Å². The van der Waals surface area contributed by atoms with Crippen LogP contribution in [-0.4, -0.2) is 13.5 Å². The molecule has 0 saturated heterocycles. The number of nitrogens with one attached hydrogen (secondary N) is 2. The average Bonchev–Trinajstić information content (AvgIpc) is 2.57. The van der Waals surface area contributed by atoms with Crippen LogP contribution in [0.15, 0.2) is 36.4 Å². The minimum Gasteiger partial charge on any atom is -0.388 e. The predicted octanol–water partition coefficient (Wildman–Crippen LogP) is 3.26. The summed E-state index contributed by atoms with van der Waals surface area (Å²) in [6.45, 7) is 3.87. The molecule has 0 fully saturated rings. The Kier molecular flexibility index (Phi) is 7.50. The maximum absolute atomic E-state index is 13.5. The van der Waals surface area contributed by atoms with Gasteiger partial charge in [0.1, 0.15) is 5.82 Å². The van der Waals surface area contributed by atoms with E-state index in [1.807, 2.05) is 37.4 Å². The number of hydrazine groups is 1. The maximum Gasteiger partial charge on any atom is 0.221 e. The van der Waals surface area contributed by atoms with Gasteiger partial charge in [-0.1, -0.05) is 36.4 Å². The van der Waals surface area contributed by atoms with E-state index in [0.717, 1.165) is 16.8 Å². The van der Waals surface area contributed by atoms with Crippen LogP contribution >= 0.6 is 0 Å². The van der Waals surface area contributed by atoms with E-state index in [4.69, 9.17) is 4.79 Å². The Morgan fingerprint density at radius 3 is 2.35 bits per heavy atom. The Hall–Kier alpha value is -2.66. The first kappa shape index (κ1) is 18.4. The number of aryl methyl sites for hydroxylation is 1. The highest BCUT2D eigenvalue weighted by Crippen LogP contribution is 2.23. The molecule has 0 bridgehead atoms. The molecular formula is C18H22FN3O. The average molecular weight is 315 g/mol. The van der Waals surface area contributed by atoms with Crippen LogP contribution < -0.4 is 16.6 Å². The quantitative estimate of drug-likeness (QED) is 0.267. The van der Waals surface area contributed by atoms with Crippen molar-refractivity contribution in [1.82, 2.24) is 5.43 Å². The van der Waals surface area contributed by atoms with E-state index in [-0.39, 0.29) is 5.82 Å². The fourth-order valence-corrected chi connectivity index (χ4v) is 2.10. The SMILES string of the molecule is CNc1cccc(C)c1/C=C/c1cccc(F)c1C.NNC=O. The lowest BCUT2D eigenvalue weighted by Crippen LogP contribution is -2.18. The lowest BCUT2D eigenvalue weighted by molar-refractivity contribution is -0.109. The van der Waals surface area contributed by atoms with Crippen LogP contribution in [0.25, 0.3) is 12.2 Å². The molecule has 2 rings (SSSR count). The zero-order chi connectivity index (χ0) is 17.2. The second-order valence-corrected chi connectivity index (χ2v) is 4.86. The first-order valence-electron chi connectivity index (χ1n) is 7.15. The van der Waals surface area contributed by atoms with Gasteiger partial charge in [0.2, 0.25) is 6.41 Å². The molecule has 0 aliphatic heterocycles. The van der Waals surface area contributed by atoms with Crippen LogP contribution in [-0.2, 0) is 4.79 Å². The number of halogens is 1. The molecule has 0 saturated carbocycles. The second-order valence-electron chi connectivity index (χ2n) is 4.86. The Bertz CT molecular complexity index is 684. The van der Waals surface area contributed by atoms with Crippen LogP contribution in [0.3, 0.4) is 0 Å². The molecule has 5 heteroatoms. The Balaban J connectivity index is 0.000000593. The van der Waals surface area contributed by atoms with E-state index in [2.05, 4.69) is 24.1 Å². The number of carbonyl (C=O) groups is 1. The molecule has 4 N–H and O–H groups in total. The van der Waals surface area contributed by atoms with Crippen molar-refractivity contribution in [2.75, 3.05) is 12.4 Å². The van der Waals surface area contributed by atoms with E-state index < -0.39 is 0 Å². The third-order valence-electron chi connectivity index (χ3n) is 3.40. The van der Waals surface area contributed by atoms with E-state index in [9.17, 15) is 4.39 Å². The fraction of sp³-hybridized carbons (Fsp3) is 0.167. The zero-order valence-electron chi connectivity index (χ0n) is 13.6. The van der Waals surface area contributed by atoms with E-state index in [1.165, 1.54) is 11.6 Å². The van der Waals surface area contributed by atoms with Crippen molar-refractivity contribution < 1.29 is 9.18 Å². The number of carbonyl (C=O) groups excluding carboxylic acids is 1. The van der Waals surface area contributed by atoms with Gasteiger partial charge in [-0.15, -0.1) is 0 Å². The summed E-state index contributed by atoms with van der Waals surface area (Å²) >= 11 is 0. The Morgan fingerprint density at radius 2 is 1.74 bits per heavy atom. The van der Waals surface area contributed by atoms with Crippen molar-refractivity contribution in [3.63, 3.8) is 0 Å². The molecular weight excluding hydrogens is 293 g/mol. The van der Waals surface area contributed by atoms with Gasteiger partial charge in [-0.3, -0.25) is 10.2 Å².